The monoisotopic (exact) mass is 359 g/mol. The van der Waals surface area contributed by atoms with Crippen LogP contribution in [0, 0.1) is 0 Å². The van der Waals surface area contributed by atoms with Crippen molar-refractivity contribution in [1.82, 2.24) is 19.6 Å². The van der Waals surface area contributed by atoms with Crippen LogP contribution in [0.5, 0.6) is 0 Å². The fourth-order valence-electron chi connectivity index (χ4n) is 2.36. The maximum Gasteiger partial charge on any atom is 0.339 e. The summed E-state index contributed by atoms with van der Waals surface area (Å²) in [6, 6.07) is 9.01. The van der Waals surface area contributed by atoms with Gasteiger partial charge in [0.25, 0.3) is 5.91 Å². The van der Waals surface area contributed by atoms with E-state index in [1.54, 1.807) is 23.0 Å². The minimum absolute atomic E-state index is 0.0480. The second-order valence-corrected chi connectivity index (χ2v) is 5.69. The first-order valence-electron chi connectivity index (χ1n) is 7.29. The molecule has 0 saturated carbocycles. The third kappa shape index (κ3) is 3.53. The minimum Gasteiger partial charge on any atom is -0.478 e. The molecule has 25 heavy (non-hydrogen) atoms. The number of carbonyl (C=O) groups is 2. The van der Waals surface area contributed by atoms with E-state index < -0.39 is 11.9 Å². The molecule has 0 radical (unpaired) electrons. The van der Waals surface area contributed by atoms with Gasteiger partial charge < -0.3 is 10.4 Å². The average Bonchev–Trinajstić information content (AvgIpc) is 3.16. The number of benzene rings is 1. The molecule has 3 aromatic rings. The first-order chi connectivity index (χ1) is 12.0. The van der Waals surface area contributed by atoms with Gasteiger partial charge in [0.2, 0.25) is 0 Å². The highest BCUT2D eigenvalue weighted by atomic mass is 35.5. The summed E-state index contributed by atoms with van der Waals surface area (Å²) in [6.07, 6.45) is 2.83. The number of carbonyl (C=O) groups excluding carboxylic acids is 1. The van der Waals surface area contributed by atoms with Crippen LogP contribution < -0.4 is 5.32 Å². The van der Waals surface area contributed by atoms with Gasteiger partial charge in [0.05, 0.1) is 12.7 Å². The van der Waals surface area contributed by atoms with Crippen LogP contribution in [-0.4, -0.2) is 36.5 Å². The van der Waals surface area contributed by atoms with Crippen molar-refractivity contribution in [3.63, 3.8) is 0 Å². The second kappa shape index (κ2) is 6.78. The number of amides is 1. The fraction of sp³-hybridized carbons (Fsp3) is 0.125. The Labute approximate surface area is 147 Å². The van der Waals surface area contributed by atoms with E-state index >= 15 is 0 Å². The molecule has 0 aliphatic heterocycles. The van der Waals surface area contributed by atoms with Crippen LogP contribution in [0.25, 0.3) is 0 Å². The highest BCUT2D eigenvalue weighted by Crippen LogP contribution is 2.17. The van der Waals surface area contributed by atoms with Gasteiger partial charge in [-0.3, -0.25) is 14.2 Å². The van der Waals surface area contributed by atoms with Crippen molar-refractivity contribution in [1.29, 1.82) is 0 Å². The number of aromatic nitrogens is 4. The van der Waals surface area contributed by atoms with Crippen molar-refractivity contribution in [3.05, 3.63) is 64.6 Å². The Hall–Kier alpha value is -3.13. The molecule has 2 N–H and O–H groups in total. The molecule has 0 spiro atoms. The third-order valence-corrected chi connectivity index (χ3v) is 3.93. The zero-order valence-corrected chi connectivity index (χ0v) is 13.9. The number of aromatic carboxylic acids is 1. The number of carboxylic acids is 1. The van der Waals surface area contributed by atoms with E-state index in [2.05, 4.69) is 15.5 Å². The van der Waals surface area contributed by atoms with Crippen LogP contribution in [0.2, 0.25) is 5.02 Å². The van der Waals surface area contributed by atoms with E-state index in [4.69, 9.17) is 16.7 Å². The molecule has 3 rings (SSSR count). The van der Waals surface area contributed by atoms with Crippen molar-refractivity contribution in [3.8, 4) is 0 Å². The molecule has 8 nitrogen and oxygen atoms in total. The van der Waals surface area contributed by atoms with Gasteiger partial charge in [-0.25, -0.2) is 4.79 Å². The van der Waals surface area contributed by atoms with E-state index in [-0.39, 0.29) is 11.3 Å². The summed E-state index contributed by atoms with van der Waals surface area (Å²) in [7, 11) is 1.50. The molecule has 0 atom stereocenters. The molecule has 128 valence electrons. The Morgan fingerprint density at radius 3 is 2.76 bits per heavy atom. The average molecular weight is 360 g/mol. The number of anilines is 1. The number of halogens is 1. The molecular formula is C16H14ClN5O3. The first kappa shape index (κ1) is 16.7. The molecule has 0 fully saturated rings. The smallest absolute Gasteiger partial charge is 0.339 e. The van der Waals surface area contributed by atoms with Crippen LogP contribution in [0.1, 0.15) is 26.4 Å². The lowest BCUT2D eigenvalue weighted by atomic mass is 10.2. The van der Waals surface area contributed by atoms with Gasteiger partial charge in [-0.1, -0.05) is 29.8 Å². The Morgan fingerprint density at radius 2 is 2.04 bits per heavy atom. The first-order valence-corrected chi connectivity index (χ1v) is 7.67. The summed E-state index contributed by atoms with van der Waals surface area (Å²) < 4.78 is 2.83. The highest BCUT2D eigenvalue weighted by molar-refractivity contribution is 6.31. The highest BCUT2D eigenvalue weighted by Gasteiger charge is 2.22. The molecule has 9 heteroatoms. The van der Waals surface area contributed by atoms with Crippen molar-refractivity contribution >= 4 is 29.3 Å². The summed E-state index contributed by atoms with van der Waals surface area (Å²) in [5.74, 6) is -1.52. The lowest BCUT2D eigenvalue weighted by molar-refractivity contribution is 0.0692. The maximum atomic E-state index is 12.3. The fourth-order valence-corrected chi connectivity index (χ4v) is 2.55. The van der Waals surface area contributed by atoms with E-state index in [9.17, 15) is 9.59 Å². The van der Waals surface area contributed by atoms with Crippen molar-refractivity contribution < 1.29 is 14.7 Å². The lowest BCUT2D eigenvalue weighted by Gasteiger charge is -2.05. The summed E-state index contributed by atoms with van der Waals surface area (Å²) in [5.41, 5.74) is 0.675. The molecule has 0 aliphatic rings. The number of aryl methyl sites for hydroxylation is 1. The van der Waals surface area contributed by atoms with Gasteiger partial charge in [-0.05, 0) is 11.6 Å². The van der Waals surface area contributed by atoms with Gasteiger partial charge in [-0.15, -0.1) is 0 Å². The largest absolute Gasteiger partial charge is 0.478 e. The van der Waals surface area contributed by atoms with Gasteiger partial charge in [0.15, 0.2) is 5.82 Å². The van der Waals surface area contributed by atoms with E-state index in [0.29, 0.717) is 17.4 Å². The Morgan fingerprint density at radius 1 is 1.28 bits per heavy atom. The molecule has 2 heterocycles. The van der Waals surface area contributed by atoms with Crippen molar-refractivity contribution in [2.75, 3.05) is 5.32 Å². The van der Waals surface area contributed by atoms with Gasteiger partial charge in [0, 0.05) is 24.3 Å². The summed E-state index contributed by atoms with van der Waals surface area (Å²) in [6.45, 7) is 0.446. The van der Waals surface area contributed by atoms with Crippen molar-refractivity contribution in [2.45, 2.75) is 6.54 Å². The maximum absolute atomic E-state index is 12.3. The Bertz CT molecular complexity index is 947. The zero-order valence-electron chi connectivity index (χ0n) is 13.2. The predicted molar refractivity (Wildman–Crippen MR) is 90.9 cm³/mol. The number of hydrogen-bond donors (Lipinski definition) is 2. The zero-order chi connectivity index (χ0) is 18.0. The topological polar surface area (TPSA) is 102 Å². The van der Waals surface area contributed by atoms with Crippen LogP contribution in [0.4, 0.5) is 5.82 Å². The molecule has 0 bridgehead atoms. The van der Waals surface area contributed by atoms with Crippen LogP contribution in [0.3, 0.4) is 0 Å². The summed E-state index contributed by atoms with van der Waals surface area (Å²) in [5, 5.41) is 20.4. The quantitative estimate of drug-likeness (QED) is 0.727. The van der Waals surface area contributed by atoms with Crippen LogP contribution in [-0.2, 0) is 13.6 Å². The molecule has 2 aromatic heterocycles. The van der Waals surface area contributed by atoms with E-state index in [1.165, 1.54) is 11.7 Å². The van der Waals surface area contributed by atoms with Gasteiger partial charge >= 0.3 is 5.97 Å². The van der Waals surface area contributed by atoms with Crippen molar-refractivity contribution in [2.24, 2.45) is 7.05 Å². The van der Waals surface area contributed by atoms with Crippen LogP contribution in [0.15, 0.2) is 42.7 Å². The molecular weight excluding hydrogens is 346 g/mol. The molecule has 0 saturated heterocycles. The molecule has 1 aromatic carbocycles. The number of nitrogens with one attached hydrogen (secondary N) is 1. The Kier molecular flexibility index (Phi) is 4.53. The second-order valence-electron chi connectivity index (χ2n) is 5.28. The van der Waals surface area contributed by atoms with E-state index in [0.717, 1.165) is 11.8 Å². The number of carboxylic acid groups (broad SMARTS) is 1. The minimum atomic E-state index is -1.22. The normalized spacial score (nSPS) is 10.6. The number of rotatable bonds is 5. The molecule has 0 unspecified atom stereocenters. The van der Waals surface area contributed by atoms with E-state index in [1.807, 2.05) is 18.2 Å². The SMILES string of the molecule is Cn1ncc(C(=O)O)c1C(=O)Nc1ccn(Cc2ccccc2Cl)n1. The summed E-state index contributed by atoms with van der Waals surface area (Å²) >= 11 is 6.12. The third-order valence-electron chi connectivity index (χ3n) is 3.56. The standard InChI is InChI=1S/C16H14ClN5O3/c1-21-14(11(8-18-21)16(24)25)15(23)19-13-6-7-22(20-13)9-10-4-2-3-5-12(10)17/h2-8H,9H2,1H3,(H,24,25)(H,19,20,23). The number of nitrogens with zero attached hydrogens (tertiary/aromatic N) is 4. The van der Waals surface area contributed by atoms with Gasteiger partial charge in [0.1, 0.15) is 11.3 Å². The van der Waals surface area contributed by atoms with Crippen LogP contribution >= 0.6 is 11.6 Å². The number of hydrogen-bond acceptors (Lipinski definition) is 4. The Balaban J connectivity index is 1.76. The molecule has 0 aliphatic carbocycles. The molecule has 1 amide bonds. The summed E-state index contributed by atoms with van der Waals surface area (Å²) in [4.78, 5) is 23.5. The lowest BCUT2D eigenvalue weighted by Crippen LogP contribution is -2.19. The van der Waals surface area contributed by atoms with Gasteiger partial charge in [-0.2, -0.15) is 10.2 Å². The predicted octanol–water partition coefficient (Wildman–Crippen LogP) is 2.27.